The number of hydrogen-bond donors (Lipinski definition) is 1. The first-order valence-corrected chi connectivity index (χ1v) is 6.86. The third-order valence-corrected chi connectivity index (χ3v) is 4.10. The molecule has 1 aromatic heterocycles. The fourth-order valence-corrected chi connectivity index (χ4v) is 3.02. The average Bonchev–Trinajstić information content (AvgIpc) is 2.90. The van der Waals surface area contributed by atoms with Crippen molar-refractivity contribution in [3.8, 4) is 16.3 Å². The molecule has 1 heterocycles. The van der Waals surface area contributed by atoms with Crippen LogP contribution in [0.4, 0.5) is 0 Å². The second-order valence-corrected chi connectivity index (χ2v) is 5.26. The van der Waals surface area contributed by atoms with Gasteiger partial charge < -0.3 is 10.5 Å². The Kier molecular flexibility index (Phi) is 3.19. The number of hydrogen-bond acceptors (Lipinski definition) is 4. The van der Waals surface area contributed by atoms with Gasteiger partial charge >= 0.3 is 0 Å². The second kappa shape index (κ2) is 4.99. The van der Waals surface area contributed by atoms with E-state index in [0.29, 0.717) is 6.54 Å². The van der Waals surface area contributed by atoms with Gasteiger partial charge in [-0.15, -0.1) is 11.3 Å². The SMILES string of the molecule is COc1cc(CN)ccc1-c1nc2ccccc2s1. The van der Waals surface area contributed by atoms with Crippen LogP contribution < -0.4 is 10.5 Å². The van der Waals surface area contributed by atoms with Gasteiger partial charge in [-0.3, -0.25) is 0 Å². The molecule has 3 nitrogen and oxygen atoms in total. The predicted octanol–water partition coefficient (Wildman–Crippen LogP) is 3.43. The van der Waals surface area contributed by atoms with Crippen LogP contribution in [0.1, 0.15) is 5.56 Å². The van der Waals surface area contributed by atoms with Crippen molar-refractivity contribution in [2.75, 3.05) is 7.11 Å². The molecule has 2 N–H and O–H groups in total. The minimum Gasteiger partial charge on any atom is -0.496 e. The first kappa shape index (κ1) is 12.1. The lowest BCUT2D eigenvalue weighted by Crippen LogP contribution is -1.97. The molecule has 0 saturated heterocycles. The van der Waals surface area contributed by atoms with Gasteiger partial charge in [-0.2, -0.15) is 0 Å². The second-order valence-electron chi connectivity index (χ2n) is 4.23. The molecule has 0 aliphatic heterocycles. The minimum atomic E-state index is 0.510. The van der Waals surface area contributed by atoms with Crippen LogP contribution in [-0.2, 0) is 6.54 Å². The number of thiazole rings is 1. The summed E-state index contributed by atoms with van der Waals surface area (Å²) in [7, 11) is 1.67. The van der Waals surface area contributed by atoms with Crippen molar-refractivity contribution in [1.82, 2.24) is 4.98 Å². The molecule has 0 atom stereocenters. The number of fused-ring (bicyclic) bond motifs is 1. The van der Waals surface area contributed by atoms with Gasteiger partial charge in [0.05, 0.1) is 22.9 Å². The van der Waals surface area contributed by atoms with Crippen LogP contribution in [0.5, 0.6) is 5.75 Å². The van der Waals surface area contributed by atoms with Crippen molar-refractivity contribution in [3.05, 3.63) is 48.0 Å². The van der Waals surface area contributed by atoms with Crippen LogP contribution in [0.25, 0.3) is 20.8 Å². The smallest absolute Gasteiger partial charge is 0.129 e. The summed E-state index contributed by atoms with van der Waals surface area (Å²) in [4.78, 5) is 4.65. The van der Waals surface area contributed by atoms with Crippen LogP contribution >= 0.6 is 11.3 Å². The van der Waals surface area contributed by atoms with Gasteiger partial charge in [-0.1, -0.05) is 18.2 Å². The number of aromatic nitrogens is 1. The van der Waals surface area contributed by atoms with Gasteiger partial charge in [0.1, 0.15) is 10.8 Å². The number of para-hydroxylation sites is 1. The lowest BCUT2D eigenvalue weighted by atomic mass is 10.1. The lowest BCUT2D eigenvalue weighted by molar-refractivity contribution is 0.416. The third-order valence-electron chi connectivity index (χ3n) is 3.03. The van der Waals surface area contributed by atoms with E-state index in [-0.39, 0.29) is 0 Å². The molecule has 2 aromatic carbocycles. The highest BCUT2D eigenvalue weighted by Crippen LogP contribution is 2.36. The number of nitrogens with two attached hydrogens (primary N) is 1. The number of ether oxygens (including phenoxy) is 1. The molecule has 3 rings (SSSR count). The molecule has 0 radical (unpaired) electrons. The van der Waals surface area contributed by atoms with E-state index in [2.05, 4.69) is 11.1 Å². The normalized spacial score (nSPS) is 10.8. The number of rotatable bonds is 3. The summed E-state index contributed by atoms with van der Waals surface area (Å²) >= 11 is 1.67. The van der Waals surface area contributed by atoms with Crippen LogP contribution in [0.2, 0.25) is 0 Å². The van der Waals surface area contributed by atoms with Crippen LogP contribution in [-0.4, -0.2) is 12.1 Å². The first-order chi connectivity index (χ1) is 9.31. The average molecular weight is 270 g/mol. The van der Waals surface area contributed by atoms with E-state index in [4.69, 9.17) is 10.5 Å². The summed E-state index contributed by atoms with van der Waals surface area (Å²) in [5, 5.41) is 0.974. The highest BCUT2D eigenvalue weighted by molar-refractivity contribution is 7.21. The van der Waals surface area contributed by atoms with E-state index >= 15 is 0 Å². The van der Waals surface area contributed by atoms with Gasteiger partial charge in [0.15, 0.2) is 0 Å². The molecule has 0 aliphatic carbocycles. The summed E-state index contributed by atoms with van der Waals surface area (Å²) < 4.78 is 6.63. The zero-order valence-electron chi connectivity index (χ0n) is 10.6. The quantitative estimate of drug-likeness (QED) is 0.793. The van der Waals surface area contributed by atoms with Gasteiger partial charge in [0.2, 0.25) is 0 Å². The Morgan fingerprint density at radius 2 is 2.05 bits per heavy atom. The van der Waals surface area contributed by atoms with Crippen molar-refractivity contribution in [3.63, 3.8) is 0 Å². The highest BCUT2D eigenvalue weighted by Gasteiger charge is 2.11. The lowest BCUT2D eigenvalue weighted by Gasteiger charge is -2.07. The van der Waals surface area contributed by atoms with Crippen LogP contribution in [0, 0.1) is 0 Å². The van der Waals surface area contributed by atoms with Crippen molar-refractivity contribution >= 4 is 21.6 Å². The summed E-state index contributed by atoms with van der Waals surface area (Å²) in [6.07, 6.45) is 0. The molecule has 4 heteroatoms. The van der Waals surface area contributed by atoms with E-state index in [0.717, 1.165) is 27.4 Å². The summed E-state index contributed by atoms with van der Waals surface area (Å²) in [5.41, 5.74) is 8.75. The molecule has 19 heavy (non-hydrogen) atoms. The van der Waals surface area contributed by atoms with E-state index in [1.807, 2.05) is 36.4 Å². The highest BCUT2D eigenvalue weighted by atomic mass is 32.1. The van der Waals surface area contributed by atoms with E-state index in [1.165, 1.54) is 4.70 Å². The monoisotopic (exact) mass is 270 g/mol. The molecular formula is C15H14N2OS. The van der Waals surface area contributed by atoms with Gasteiger partial charge in [-0.25, -0.2) is 4.98 Å². The third kappa shape index (κ3) is 2.20. The molecule has 3 aromatic rings. The van der Waals surface area contributed by atoms with Crippen LogP contribution in [0.3, 0.4) is 0 Å². The first-order valence-electron chi connectivity index (χ1n) is 6.05. The van der Waals surface area contributed by atoms with Crippen molar-refractivity contribution in [2.24, 2.45) is 5.73 Å². The molecule has 0 bridgehead atoms. The van der Waals surface area contributed by atoms with E-state index in [9.17, 15) is 0 Å². The van der Waals surface area contributed by atoms with Gasteiger partial charge in [0, 0.05) is 6.54 Å². The maximum atomic E-state index is 5.65. The Labute approximate surface area is 115 Å². The Bertz CT molecular complexity index is 688. The van der Waals surface area contributed by atoms with E-state index < -0.39 is 0 Å². The number of nitrogens with zero attached hydrogens (tertiary/aromatic N) is 1. The minimum absolute atomic E-state index is 0.510. The maximum absolute atomic E-state index is 5.65. The summed E-state index contributed by atoms with van der Waals surface area (Å²) in [6, 6.07) is 14.1. The Morgan fingerprint density at radius 1 is 1.21 bits per heavy atom. The predicted molar refractivity (Wildman–Crippen MR) is 79.5 cm³/mol. The van der Waals surface area contributed by atoms with Gasteiger partial charge in [0.25, 0.3) is 0 Å². The molecule has 0 spiro atoms. The van der Waals surface area contributed by atoms with E-state index in [1.54, 1.807) is 18.4 Å². The standard InChI is InChI=1S/C15H14N2OS/c1-18-13-8-10(9-16)6-7-11(13)15-17-12-4-2-3-5-14(12)19-15/h2-8H,9,16H2,1H3. The fraction of sp³-hybridized carbons (Fsp3) is 0.133. The summed E-state index contributed by atoms with van der Waals surface area (Å²) in [5.74, 6) is 0.821. The molecule has 0 saturated carbocycles. The molecule has 0 amide bonds. The Morgan fingerprint density at radius 3 is 2.79 bits per heavy atom. The number of methoxy groups -OCH3 is 1. The Balaban J connectivity index is 2.15. The molecular weight excluding hydrogens is 256 g/mol. The molecule has 0 unspecified atom stereocenters. The zero-order valence-corrected chi connectivity index (χ0v) is 11.4. The van der Waals surface area contributed by atoms with Crippen molar-refractivity contribution < 1.29 is 4.74 Å². The Hall–Kier alpha value is -1.91. The fourth-order valence-electron chi connectivity index (χ4n) is 2.03. The zero-order chi connectivity index (χ0) is 13.2. The maximum Gasteiger partial charge on any atom is 0.129 e. The molecule has 0 fully saturated rings. The molecule has 0 aliphatic rings. The van der Waals surface area contributed by atoms with Crippen LogP contribution in [0.15, 0.2) is 42.5 Å². The van der Waals surface area contributed by atoms with Gasteiger partial charge in [-0.05, 0) is 29.8 Å². The molecule has 96 valence electrons. The topological polar surface area (TPSA) is 48.1 Å². The van der Waals surface area contributed by atoms with Crippen molar-refractivity contribution in [1.29, 1.82) is 0 Å². The number of benzene rings is 2. The summed E-state index contributed by atoms with van der Waals surface area (Å²) in [6.45, 7) is 0.510. The van der Waals surface area contributed by atoms with Crippen molar-refractivity contribution in [2.45, 2.75) is 6.54 Å². The largest absolute Gasteiger partial charge is 0.496 e.